The van der Waals surface area contributed by atoms with E-state index in [9.17, 15) is 0 Å². The van der Waals surface area contributed by atoms with Crippen LogP contribution in [-0.4, -0.2) is 29.1 Å². The first-order valence-electron chi connectivity index (χ1n) is 6.89. The van der Waals surface area contributed by atoms with Gasteiger partial charge in [-0.05, 0) is 25.0 Å². The van der Waals surface area contributed by atoms with Crippen molar-refractivity contribution in [2.75, 3.05) is 11.9 Å². The first-order valence-corrected chi connectivity index (χ1v) is 6.89. The Bertz CT molecular complexity index is 439. The minimum atomic E-state index is 0.114. The van der Waals surface area contributed by atoms with Crippen molar-refractivity contribution in [1.29, 1.82) is 0 Å². The lowest BCUT2D eigenvalue weighted by molar-refractivity contribution is 0.318. The summed E-state index contributed by atoms with van der Waals surface area (Å²) in [4.78, 5) is 6.59. The molecule has 1 heterocycles. The molecule has 19 heavy (non-hydrogen) atoms. The first kappa shape index (κ1) is 13.6. The second-order valence-electron chi connectivity index (χ2n) is 5.12. The molecule has 5 heteroatoms. The van der Waals surface area contributed by atoms with Gasteiger partial charge in [0, 0.05) is 19.3 Å². The molecule has 1 aromatic heterocycles. The van der Waals surface area contributed by atoms with Crippen molar-refractivity contribution in [3.63, 3.8) is 0 Å². The number of amidine groups is 1. The van der Waals surface area contributed by atoms with Crippen molar-refractivity contribution < 1.29 is 5.21 Å². The normalized spacial score (nSPS) is 18.1. The summed E-state index contributed by atoms with van der Waals surface area (Å²) in [6, 6.07) is 4.13. The quantitative estimate of drug-likeness (QED) is 0.288. The van der Waals surface area contributed by atoms with Gasteiger partial charge in [-0.3, -0.25) is 0 Å². The van der Waals surface area contributed by atoms with E-state index in [1.165, 1.54) is 38.5 Å². The zero-order valence-corrected chi connectivity index (χ0v) is 11.4. The van der Waals surface area contributed by atoms with Gasteiger partial charge in [-0.2, -0.15) is 0 Å². The molecule has 0 unspecified atom stereocenters. The third-order valence-electron chi connectivity index (χ3n) is 3.88. The molecule has 1 aromatic rings. The van der Waals surface area contributed by atoms with Crippen LogP contribution < -0.4 is 10.6 Å². The Balaban J connectivity index is 2.24. The Morgan fingerprint density at radius 1 is 1.37 bits per heavy atom. The van der Waals surface area contributed by atoms with Gasteiger partial charge in [0.2, 0.25) is 0 Å². The smallest absolute Gasteiger partial charge is 0.173 e. The van der Waals surface area contributed by atoms with Crippen LogP contribution in [0.15, 0.2) is 23.5 Å². The molecule has 0 amide bonds. The van der Waals surface area contributed by atoms with Crippen molar-refractivity contribution in [2.24, 2.45) is 10.9 Å². The summed E-state index contributed by atoms with van der Waals surface area (Å²) >= 11 is 0. The van der Waals surface area contributed by atoms with Crippen LogP contribution in [0.3, 0.4) is 0 Å². The van der Waals surface area contributed by atoms with Gasteiger partial charge in [0.15, 0.2) is 5.84 Å². The van der Waals surface area contributed by atoms with Crippen molar-refractivity contribution in [1.82, 2.24) is 4.98 Å². The fraction of sp³-hybridized carbons (Fsp3) is 0.571. The number of rotatable bonds is 3. The fourth-order valence-electron chi connectivity index (χ4n) is 2.75. The second-order valence-corrected chi connectivity index (χ2v) is 5.12. The summed E-state index contributed by atoms with van der Waals surface area (Å²) in [5.74, 6) is 0.910. The van der Waals surface area contributed by atoms with Gasteiger partial charge in [-0.15, -0.1) is 0 Å². The number of hydrogen-bond acceptors (Lipinski definition) is 4. The number of nitrogens with zero attached hydrogens (tertiary/aromatic N) is 3. The lowest BCUT2D eigenvalue weighted by atomic mass is 10.1. The maximum atomic E-state index is 8.87. The van der Waals surface area contributed by atoms with E-state index in [-0.39, 0.29) is 5.84 Å². The van der Waals surface area contributed by atoms with Crippen LogP contribution in [0.2, 0.25) is 0 Å². The number of oxime groups is 1. The van der Waals surface area contributed by atoms with Gasteiger partial charge in [0.05, 0.1) is 5.56 Å². The number of pyridine rings is 1. The van der Waals surface area contributed by atoms with Crippen molar-refractivity contribution in [3.8, 4) is 0 Å². The molecule has 1 aliphatic carbocycles. The third kappa shape index (κ3) is 3.16. The van der Waals surface area contributed by atoms with Crippen LogP contribution in [0.1, 0.15) is 44.1 Å². The zero-order valence-electron chi connectivity index (χ0n) is 11.4. The molecule has 0 aromatic carbocycles. The van der Waals surface area contributed by atoms with Crippen molar-refractivity contribution in [3.05, 3.63) is 23.9 Å². The summed E-state index contributed by atoms with van der Waals surface area (Å²) in [5.41, 5.74) is 6.42. The Hall–Kier alpha value is -1.78. The van der Waals surface area contributed by atoms with Crippen molar-refractivity contribution in [2.45, 2.75) is 44.6 Å². The second kappa shape index (κ2) is 6.41. The van der Waals surface area contributed by atoms with Gasteiger partial charge < -0.3 is 15.8 Å². The van der Waals surface area contributed by atoms with E-state index in [4.69, 9.17) is 10.9 Å². The standard InChI is InChI=1S/C14H22N4O/c1-18(11-7-4-2-3-5-8-11)14-12(13(15)17-19)9-6-10-16-14/h6,9-11,19H,2-5,7-8H2,1H3,(H2,15,17). The summed E-state index contributed by atoms with van der Waals surface area (Å²) in [6.45, 7) is 0. The molecule has 0 radical (unpaired) electrons. The van der Waals surface area contributed by atoms with E-state index in [1.54, 1.807) is 12.3 Å². The van der Waals surface area contributed by atoms with Gasteiger partial charge in [0.1, 0.15) is 5.82 Å². The van der Waals surface area contributed by atoms with E-state index in [1.807, 2.05) is 13.1 Å². The number of nitrogens with two attached hydrogens (primary N) is 1. The van der Waals surface area contributed by atoms with Crippen molar-refractivity contribution >= 4 is 11.7 Å². The Labute approximate surface area is 114 Å². The van der Waals surface area contributed by atoms with Crippen LogP contribution in [-0.2, 0) is 0 Å². The maximum Gasteiger partial charge on any atom is 0.173 e. The molecule has 0 saturated heterocycles. The predicted octanol–water partition coefficient (Wildman–Crippen LogP) is 2.34. The van der Waals surface area contributed by atoms with E-state index in [0.29, 0.717) is 11.6 Å². The molecule has 3 N–H and O–H groups in total. The maximum absolute atomic E-state index is 8.87. The summed E-state index contributed by atoms with van der Waals surface area (Å²) in [7, 11) is 2.05. The predicted molar refractivity (Wildman–Crippen MR) is 76.6 cm³/mol. The lowest BCUT2D eigenvalue weighted by Crippen LogP contribution is -2.33. The van der Waals surface area contributed by atoms with Gasteiger partial charge >= 0.3 is 0 Å². The molecule has 0 aliphatic heterocycles. The summed E-state index contributed by atoms with van der Waals surface area (Å²) < 4.78 is 0. The molecule has 1 aliphatic rings. The third-order valence-corrected chi connectivity index (χ3v) is 3.88. The van der Waals surface area contributed by atoms with Gasteiger partial charge in [0.25, 0.3) is 0 Å². The SMILES string of the molecule is CN(c1ncccc1/C(N)=N/O)C1CCCCCC1. The van der Waals surface area contributed by atoms with Crippen LogP contribution >= 0.6 is 0 Å². The average molecular weight is 262 g/mol. The van der Waals surface area contributed by atoms with Gasteiger partial charge in [-0.1, -0.05) is 30.8 Å². The van der Waals surface area contributed by atoms with Crippen LogP contribution in [0.25, 0.3) is 0 Å². The largest absolute Gasteiger partial charge is 0.409 e. The fourth-order valence-corrected chi connectivity index (χ4v) is 2.75. The highest BCUT2D eigenvalue weighted by molar-refractivity contribution is 6.01. The van der Waals surface area contributed by atoms with E-state index >= 15 is 0 Å². The van der Waals surface area contributed by atoms with Gasteiger partial charge in [-0.25, -0.2) is 4.98 Å². The van der Waals surface area contributed by atoms with E-state index in [2.05, 4.69) is 15.0 Å². The molecule has 0 spiro atoms. The molecular weight excluding hydrogens is 240 g/mol. The minimum Gasteiger partial charge on any atom is -0.409 e. The first-order chi connectivity index (χ1) is 9.24. The molecule has 104 valence electrons. The van der Waals surface area contributed by atoms with E-state index in [0.717, 1.165) is 5.82 Å². The topological polar surface area (TPSA) is 74.7 Å². The highest BCUT2D eigenvalue weighted by Crippen LogP contribution is 2.26. The van der Waals surface area contributed by atoms with Crippen LogP contribution in [0.4, 0.5) is 5.82 Å². The lowest BCUT2D eigenvalue weighted by Gasteiger charge is -2.29. The molecule has 2 rings (SSSR count). The van der Waals surface area contributed by atoms with Crippen LogP contribution in [0, 0.1) is 0 Å². The summed E-state index contributed by atoms with van der Waals surface area (Å²) in [5, 5.41) is 12.0. The average Bonchev–Trinajstić information content (AvgIpc) is 2.74. The zero-order chi connectivity index (χ0) is 13.7. The van der Waals surface area contributed by atoms with E-state index < -0.39 is 0 Å². The van der Waals surface area contributed by atoms with Crippen LogP contribution in [0.5, 0.6) is 0 Å². The molecule has 1 saturated carbocycles. The monoisotopic (exact) mass is 262 g/mol. The molecule has 1 fully saturated rings. The number of aromatic nitrogens is 1. The molecular formula is C14H22N4O. The Morgan fingerprint density at radius 2 is 2.05 bits per heavy atom. The molecule has 0 atom stereocenters. The number of anilines is 1. The highest BCUT2D eigenvalue weighted by Gasteiger charge is 2.21. The molecule has 0 bridgehead atoms. The minimum absolute atomic E-state index is 0.114. The Kier molecular flexibility index (Phi) is 4.60. The Morgan fingerprint density at radius 3 is 2.68 bits per heavy atom. The molecule has 5 nitrogen and oxygen atoms in total. The number of hydrogen-bond donors (Lipinski definition) is 2. The summed E-state index contributed by atoms with van der Waals surface area (Å²) in [6.07, 6.45) is 9.28. The highest BCUT2D eigenvalue weighted by atomic mass is 16.4.